The number of hydrogen-bond acceptors (Lipinski definition) is 4. The number of thiophene rings is 1. The second kappa shape index (κ2) is 9.79. The lowest BCUT2D eigenvalue weighted by atomic mass is 10.1. The molecule has 0 saturated carbocycles. The second-order valence-electron chi connectivity index (χ2n) is 4.71. The van der Waals surface area contributed by atoms with Crippen LogP contribution in [0, 0.1) is 0 Å². The summed E-state index contributed by atoms with van der Waals surface area (Å²) in [5.74, 6) is 0.983. The average Bonchev–Trinajstić information content (AvgIpc) is 2.93. The number of ether oxygens (including phenoxy) is 1. The van der Waals surface area contributed by atoms with E-state index >= 15 is 0 Å². The highest BCUT2D eigenvalue weighted by atomic mass is 35.5. The van der Waals surface area contributed by atoms with Crippen LogP contribution in [0.15, 0.2) is 41.8 Å². The summed E-state index contributed by atoms with van der Waals surface area (Å²) in [6.45, 7) is 3.52. The van der Waals surface area contributed by atoms with Crippen molar-refractivity contribution in [2.45, 2.75) is 13.0 Å². The molecular weight excluding hydrogens is 304 g/mol. The molecule has 0 fully saturated rings. The molecule has 2 aromatic rings. The summed E-state index contributed by atoms with van der Waals surface area (Å²) in [5, 5.41) is 2.08. The van der Waals surface area contributed by atoms with Crippen molar-refractivity contribution in [3.8, 4) is 5.75 Å². The van der Waals surface area contributed by atoms with Crippen molar-refractivity contribution in [3.05, 3.63) is 52.2 Å². The molecule has 0 aliphatic carbocycles. The molecule has 0 amide bonds. The Morgan fingerprint density at radius 1 is 1.14 bits per heavy atom. The van der Waals surface area contributed by atoms with Crippen LogP contribution >= 0.6 is 23.7 Å². The molecule has 0 aliphatic heterocycles. The molecule has 2 rings (SSSR count). The van der Waals surface area contributed by atoms with Gasteiger partial charge in [0.1, 0.15) is 5.75 Å². The molecule has 21 heavy (non-hydrogen) atoms. The van der Waals surface area contributed by atoms with E-state index in [1.54, 1.807) is 18.4 Å². The zero-order chi connectivity index (χ0) is 14.2. The molecule has 116 valence electrons. The lowest BCUT2D eigenvalue weighted by Gasteiger charge is -2.21. The molecule has 2 N–H and O–H groups in total. The van der Waals surface area contributed by atoms with Gasteiger partial charge >= 0.3 is 0 Å². The number of nitrogens with zero attached hydrogens (tertiary/aromatic N) is 1. The maximum Gasteiger partial charge on any atom is 0.134 e. The van der Waals surface area contributed by atoms with Gasteiger partial charge in [-0.15, -0.1) is 23.7 Å². The van der Waals surface area contributed by atoms with Gasteiger partial charge in [-0.1, -0.05) is 30.3 Å². The Morgan fingerprint density at radius 2 is 1.90 bits per heavy atom. The number of nitrogens with two attached hydrogens (primary N) is 1. The highest BCUT2D eigenvalue weighted by Crippen LogP contribution is 2.25. The lowest BCUT2D eigenvalue weighted by Crippen LogP contribution is -2.30. The summed E-state index contributed by atoms with van der Waals surface area (Å²) in [5.41, 5.74) is 7.10. The molecular formula is C16H23ClN2OS. The van der Waals surface area contributed by atoms with Crippen LogP contribution in [0.3, 0.4) is 0 Å². The van der Waals surface area contributed by atoms with Gasteiger partial charge in [0, 0.05) is 26.2 Å². The summed E-state index contributed by atoms with van der Waals surface area (Å²) in [7, 11) is 1.72. The van der Waals surface area contributed by atoms with Crippen molar-refractivity contribution in [3.63, 3.8) is 0 Å². The average molecular weight is 327 g/mol. The summed E-state index contributed by atoms with van der Waals surface area (Å²) in [6.07, 6.45) is 1.05. The van der Waals surface area contributed by atoms with E-state index in [0.717, 1.165) is 31.8 Å². The molecule has 1 aromatic heterocycles. The molecule has 0 bridgehead atoms. The fourth-order valence-electron chi connectivity index (χ4n) is 2.21. The highest BCUT2D eigenvalue weighted by Gasteiger charge is 2.10. The Hall–Kier alpha value is -1.07. The molecule has 0 unspecified atom stereocenters. The van der Waals surface area contributed by atoms with Crippen LogP contribution in [0.1, 0.15) is 10.4 Å². The molecule has 0 saturated heterocycles. The molecule has 5 heteroatoms. The number of hydrogen-bond donors (Lipinski definition) is 1. The highest BCUT2D eigenvalue weighted by molar-refractivity contribution is 7.10. The molecule has 3 nitrogen and oxygen atoms in total. The number of methoxy groups -OCH3 is 1. The van der Waals surface area contributed by atoms with E-state index in [0.29, 0.717) is 6.54 Å². The van der Waals surface area contributed by atoms with Gasteiger partial charge in [-0.3, -0.25) is 4.90 Å². The Morgan fingerprint density at radius 3 is 2.57 bits per heavy atom. The Bertz CT molecular complexity index is 504. The van der Waals surface area contributed by atoms with Gasteiger partial charge < -0.3 is 10.5 Å². The third-order valence-electron chi connectivity index (χ3n) is 3.30. The van der Waals surface area contributed by atoms with E-state index in [9.17, 15) is 0 Å². The van der Waals surface area contributed by atoms with Crippen LogP contribution in [0.4, 0.5) is 0 Å². The van der Waals surface area contributed by atoms with E-state index in [1.165, 1.54) is 10.4 Å². The fraction of sp³-hybridized carbons (Fsp3) is 0.375. The van der Waals surface area contributed by atoms with Crippen molar-refractivity contribution in [1.29, 1.82) is 0 Å². The van der Waals surface area contributed by atoms with Gasteiger partial charge in [-0.2, -0.15) is 0 Å². The van der Waals surface area contributed by atoms with Crippen LogP contribution in [0.5, 0.6) is 5.75 Å². The molecule has 1 heterocycles. The minimum Gasteiger partial charge on any atom is -0.496 e. The zero-order valence-electron chi connectivity index (χ0n) is 12.3. The fourth-order valence-corrected chi connectivity index (χ4v) is 3.09. The Kier molecular flexibility index (Phi) is 8.38. The Labute approximate surface area is 137 Å². The van der Waals surface area contributed by atoms with Crippen LogP contribution in [0.25, 0.3) is 0 Å². The van der Waals surface area contributed by atoms with Gasteiger partial charge in [0.25, 0.3) is 0 Å². The minimum atomic E-state index is 0. The van der Waals surface area contributed by atoms with E-state index in [1.807, 2.05) is 6.07 Å². The van der Waals surface area contributed by atoms with Gasteiger partial charge in [-0.05, 0) is 23.4 Å². The maximum atomic E-state index is 5.73. The van der Waals surface area contributed by atoms with E-state index < -0.39 is 0 Å². The van der Waals surface area contributed by atoms with Crippen molar-refractivity contribution in [1.82, 2.24) is 4.90 Å². The first kappa shape index (κ1) is 18.0. The number of benzene rings is 1. The smallest absolute Gasteiger partial charge is 0.134 e. The van der Waals surface area contributed by atoms with E-state index in [-0.39, 0.29) is 12.4 Å². The quantitative estimate of drug-likeness (QED) is 0.809. The van der Waals surface area contributed by atoms with Crippen LogP contribution in [0.2, 0.25) is 0 Å². The van der Waals surface area contributed by atoms with Gasteiger partial charge in [0.05, 0.1) is 12.0 Å². The molecule has 0 aliphatic rings. The van der Waals surface area contributed by atoms with E-state index in [4.69, 9.17) is 10.5 Å². The summed E-state index contributed by atoms with van der Waals surface area (Å²) in [6, 6.07) is 12.6. The predicted octanol–water partition coefficient (Wildman–Crippen LogP) is 3.18. The topological polar surface area (TPSA) is 38.5 Å². The first-order valence-electron chi connectivity index (χ1n) is 6.90. The van der Waals surface area contributed by atoms with Crippen molar-refractivity contribution >= 4 is 23.7 Å². The summed E-state index contributed by atoms with van der Waals surface area (Å²) in [4.78, 5) is 3.66. The third-order valence-corrected chi connectivity index (χ3v) is 4.18. The summed E-state index contributed by atoms with van der Waals surface area (Å²) >= 11 is 1.74. The first-order valence-corrected chi connectivity index (χ1v) is 7.78. The molecule has 0 spiro atoms. The van der Waals surface area contributed by atoms with E-state index in [2.05, 4.69) is 40.6 Å². The van der Waals surface area contributed by atoms with Crippen LogP contribution in [-0.4, -0.2) is 31.6 Å². The van der Waals surface area contributed by atoms with Gasteiger partial charge in [0.2, 0.25) is 0 Å². The zero-order valence-corrected chi connectivity index (χ0v) is 14.0. The predicted molar refractivity (Wildman–Crippen MR) is 92.6 cm³/mol. The second-order valence-corrected chi connectivity index (χ2v) is 5.71. The van der Waals surface area contributed by atoms with Gasteiger partial charge in [0.15, 0.2) is 0 Å². The van der Waals surface area contributed by atoms with Gasteiger partial charge in [-0.25, -0.2) is 0 Å². The molecule has 1 aromatic carbocycles. The number of halogens is 1. The normalized spacial score (nSPS) is 10.4. The first-order chi connectivity index (χ1) is 9.83. The van der Waals surface area contributed by atoms with Crippen LogP contribution in [-0.2, 0) is 13.0 Å². The molecule has 0 atom stereocenters. The Balaban J connectivity index is 0.00000220. The molecule has 0 radical (unpaired) electrons. The SMILES string of the molecule is COc1ccsc1CN(CCN)CCc1ccccc1.Cl. The number of rotatable bonds is 8. The maximum absolute atomic E-state index is 5.73. The third kappa shape index (κ3) is 5.67. The lowest BCUT2D eigenvalue weighted by molar-refractivity contribution is 0.274. The monoisotopic (exact) mass is 326 g/mol. The van der Waals surface area contributed by atoms with Crippen molar-refractivity contribution in [2.24, 2.45) is 5.73 Å². The van der Waals surface area contributed by atoms with Crippen LogP contribution < -0.4 is 10.5 Å². The van der Waals surface area contributed by atoms with Crippen molar-refractivity contribution < 1.29 is 4.74 Å². The van der Waals surface area contributed by atoms with Crippen molar-refractivity contribution in [2.75, 3.05) is 26.7 Å². The standard InChI is InChI=1S/C16H22N2OS.ClH/c1-19-15-8-12-20-16(15)13-18(11-9-17)10-7-14-5-3-2-4-6-14;/h2-6,8,12H,7,9-11,13,17H2,1H3;1H. The largest absolute Gasteiger partial charge is 0.496 e. The minimum absolute atomic E-state index is 0. The summed E-state index contributed by atoms with van der Waals surface area (Å²) < 4.78 is 5.38.